The Morgan fingerprint density at radius 2 is 2.14 bits per heavy atom. The van der Waals surface area contributed by atoms with Crippen molar-refractivity contribution in [2.45, 2.75) is 32.4 Å². The Bertz CT molecular complexity index is 455. The van der Waals surface area contributed by atoms with Crippen LogP contribution in [0.15, 0.2) is 24.3 Å². The van der Waals surface area contributed by atoms with Crippen LogP contribution in [0, 0.1) is 6.92 Å². The summed E-state index contributed by atoms with van der Waals surface area (Å²) in [5, 5.41) is 9.82. The number of amides is 1. The lowest BCUT2D eigenvalue weighted by molar-refractivity contribution is 0.0712. The van der Waals surface area contributed by atoms with Gasteiger partial charge in [0.05, 0.1) is 13.2 Å². The largest absolute Gasteiger partial charge is 0.379 e. The van der Waals surface area contributed by atoms with Crippen molar-refractivity contribution in [3.63, 3.8) is 0 Å². The second kappa shape index (κ2) is 8.88. The van der Waals surface area contributed by atoms with Crippen LogP contribution in [-0.4, -0.2) is 50.8 Å². The van der Waals surface area contributed by atoms with E-state index in [-0.39, 0.29) is 5.91 Å². The molecular weight excluding hydrogens is 278 g/mol. The Kier molecular flexibility index (Phi) is 6.83. The molecule has 1 aliphatic heterocycles. The number of nitrogens with one attached hydrogen (secondary N) is 3. The second-order valence-electron chi connectivity index (χ2n) is 5.94. The maximum Gasteiger partial charge on any atom is 0.251 e. The van der Waals surface area contributed by atoms with Crippen LogP contribution in [0.5, 0.6) is 0 Å². The third kappa shape index (κ3) is 5.75. The molecule has 0 saturated carbocycles. The topological polar surface area (TPSA) is 62.4 Å². The zero-order valence-corrected chi connectivity index (χ0v) is 13.5. The molecule has 1 saturated heterocycles. The Balaban J connectivity index is 1.59. The predicted molar refractivity (Wildman–Crippen MR) is 88.2 cm³/mol. The van der Waals surface area contributed by atoms with Crippen molar-refractivity contribution in [3.8, 4) is 0 Å². The first-order valence-corrected chi connectivity index (χ1v) is 8.04. The SMILES string of the molecule is Cc1ccc(C(=O)NCCNC(C)CC2COCCN2)cc1. The number of aryl methyl sites for hydroxylation is 1. The molecule has 5 nitrogen and oxygen atoms in total. The highest BCUT2D eigenvalue weighted by Crippen LogP contribution is 2.03. The minimum absolute atomic E-state index is 0.0169. The molecule has 122 valence electrons. The summed E-state index contributed by atoms with van der Waals surface area (Å²) in [7, 11) is 0. The van der Waals surface area contributed by atoms with Crippen molar-refractivity contribution in [2.75, 3.05) is 32.8 Å². The minimum atomic E-state index is -0.0169. The van der Waals surface area contributed by atoms with Crippen LogP contribution in [0.3, 0.4) is 0 Å². The summed E-state index contributed by atoms with van der Waals surface area (Å²) >= 11 is 0. The number of carbonyl (C=O) groups is 1. The Morgan fingerprint density at radius 1 is 1.36 bits per heavy atom. The molecule has 5 heteroatoms. The number of carbonyl (C=O) groups excluding carboxylic acids is 1. The molecule has 1 amide bonds. The van der Waals surface area contributed by atoms with Crippen molar-refractivity contribution < 1.29 is 9.53 Å². The highest BCUT2D eigenvalue weighted by Gasteiger charge is 2.15. The second-order valence-corrected chi connectivity index (χ2v) is 5.94. The van der Waals surface area contributed by atoms with Gasteiger partial charge in [-0.15, -0.1) is 0 Å². The van der Waals surface area contributed by atoms with Gasteiger partial charge in [0.25, 0.3) is 5.91 Å². The molecule has 1 heterocycles. The monoisotopic (exact) mass is 305 g/mol. The molecule has 1 aromatic rings. The lowest BCUT2D eigenvalue weighted by atomic mass is 10.1. The third-order valence-electron chi connectivity index (χ3n) is 3.85. The van der Waals surface area contributed by atoms with E-state index in [1.54, 1.807) is 0 Å². The molecule has 2 unspecified atom stereocenters. The van der Waals surface area contributed by atoms with Crippen molar-refractivity contribution >= 4 is 5.91 Å². The van der Waals surface area contributed by atoms with Gasteiger partial charge in [-0.2, -0.15) is 0 Å². The maximum atomic E-state index is 12.0. The van der Waals surface area contributed by atoms with Crippen molar-refractivity contribution in [3.05, 3.63) is 35.4 Å². The quantitative estimate of drug-likeness (QED) is 0.660. The number of hydrogen-bond acceptors (Lipinski definition) is 4. The van der Waals surface area contributed by atoms with Crippen LogP contribution in [0.2, 0.25) is 0 Å². The van der Waals surface area contributed by atoms with E-state index in [2.05, 4.69) is 22.9 Å². The first-order valence-electron chi connectivity index (χ1n) is 8.04. The molecule has 2 rings (SSSR count). The van der Waals surface area contributed by atoms with Crippen LogP contribution in [-0.2, 0) is 4.74 Å². The van der Waals surface area contributed by atoms with Crippen LogP contribution < -0.4 is 16.0 Å². The predicted octanol–water partition coefficient (Wildman–Crippen LogP) is 1.08. The number of hydrogen-bond donors (Lipinski definition) is 3. The fraction of sp³-hybridized carbons (Fsp3) is 0.588. The van der Waals surface area contributed by atoms with Gasteiger partial charge in [0, 0.05) is 37.3 Å². The van der Waals surface area contributed by atoms with Crippen molar-refractivity contribution in [1.82, 2.24) is 16.0 Å². The summed E-state index contributed by atoms with van der Waals surface area (Å²) in [5.41, 5.74) is 1.87. The van der Waals surface area contributed by atoms with Gasteiger partial charge in [-0.25, -0.2) is 0 Å². The summed E-state index contributed by atoms with van der Waals surface area (Å²) in [6.45, 7) is 8.11. The molecule has 0 spiro atoms. The minimum Gasteiger partial charge on any atom is -0.379 e. The van der Waals surface area contributed by atoms with Gasteiger partial charge in [-0.3, -0.25) is 4.79 Å². The average Bonchev–Trinajstić information content (AvgIpc) is 2.53. The maximum absolute atomic E-state index is 12.0. The van der Waals surface area contributed by atoms with Gasteiger partial charge in [-0.1, -0.05) is 17.7 Å². The van der Waals surface area contributed by atoms with E-state index in [1.807, 2.05) is 31.2 Å². The fourth-order valence-electron chi connectivity index (χ4n) is 2.58. The summed E-state index contributed by atoms with van der Waals surface area (Å²) in [5.74, 6) is -0.0169. The average molecular weight is 305 g/mol. The van der Waals surface area contributed by atoms with E-state index in [0.717, 1.165) is 38.3 Å². The summed E-state index contributed by atoms with van der Waals surface area (Å²) in [4.78, 5) is 12.0. The molecule has 0 bridgehead atoms. The van der Waals surface area contributed by atoms with Gasteiger partial charge >= 0.3 is 0 Å². The number of benzene rings is 1. The van der Waals surface area contributed by atoms with E-state index in [9.17, 15) is 4.79 Å². The fourth-order valence-corrected chi connectivity index (χ4v) is 2.58. The van der Waals surface area contributed by atoms with E-state index in [4.69, 9.17) is 4.74 Å². The van der Waals surface area contributed by atoms with Crippen LogP contribution in [0.1, 0.15) is 29.3 Å². The van der Waals surface area contributed by atoms with Gasteiger partial charge in [0.1, 0.15) is 0 Å². The highest BCUT2D eigenvalue weighted by atomic mass is 16.5. The molecular formula is C17H27N3O2. The first-order chi connectivity index (χ1) is 10.6. The van der Waals surface area contributed by atoms with E-state index in [0.29, 0.717) is 24.2 Å². The summed E-state index contributed by atoms with van der Waals surface area (Å²) in [6, 6.07) is 8.45. The zero-order chi connectivity index (χ0) is 15.8. The molecule has 0 aromatic heterocycles. The summed E-state index contributed by atoms with van der Waals surface area (Å²) < 4.78 is 5.45. The molecule has 1 fully saturated rings. The van der Waals surface area contributed by atoms with E-state index < -0.39 is 0 Å². The Morgan fingerprint density at radius 3 is 2.82 bits per heavy atom. The van der Waals surface area contributed by atoms with Gasteiger partial charge in [0.2, 0.25) is 0 Å². The number of ether oxygens (including phenoxy) is 1. The molecule has 0 radical (unpaired) electrons. The number of rotatable bonds is 7. The molecule has 0 aliphatic carbocycles. The summed E-state index contributed by atoms with van der Waals surface area (Å²) in [6.07, 6.45) is 1.03. The third-order valence-corrected chi connectivity index (χ3v) is 3.85. The van der Waals surface area contributed by atoms with E-state index in [1.165, 1.54) is 0 Å². The van der Waals surface area contributed by atoms with Gasteiger partial charge in [-0.05, 0) is 32.4 Å². The smallest absolute Gasteiger partial charge is 0.251 e. The van der Waals surface area contributed by atoms with Gasteiger partial charge in [0.15, 0.2) is 0 Å². The highest BCUT2D eigenvalue weighted by molar-refractivity contribution is 5.94. The Hall–Kier alpha value is -1.43. The van der Waals surface area contributed by atoms with Crippen LogP contribution in [0.4, 0.5) is 0 Å². The lowest BCUT2D eigenvalue weighted by Crippen LogP contribution is -2.45. The molecule has 1 aliphatic rings. The molecule has 1 aromatic carbocycles. The zero-order valence-electron chi connectivity index (χ0n) is 13.5. The van der Waals surface area contributed by atoms with E-state index >= 15 is 0 Å². The van der Waals surface area contributed by atoms with Crippen LogP contribution >= 0.6 is 0 Å². The van der Waals surface area contributed by atoms with Crippen molar-refractivity contribution in [2.24, 2.45) is 0 Å². The van der Waals surface area contributed by atoms with Crippen LogP contribution in [0.25, 0.3) is 0 Å². The molecule has 3 N–H and O–H groups in total. The number of morpholine rings is 1. The molecule has 22 heavy (non-hydrogen) atoms. The Labute approximate surface area is 132 Å². The first kappa shape index (κ1) is 16.9. The molecule has 2 atom stereocenters. The van der Waals surface area contributed by atoms with Crippen molar-refractivity contribution in [1.29, 1.82) is 0 Å². The lowest BCUT2D eigenvalue weighted by Gasteiger charge is -2.26. The van der Waals surface area contributed by atoms with Gasteiger partial charge < -0.3 is 20.7 Å². The standard InChI is InChI=1S/C17H27N3O2/c1-13-3-5-15(6-4-13)17(21)20-8-7-18-14(2)11-16-12-22-10-9-19-16/h3-6,14,16,18-19H,7-12H2,1-2H3,(H,20,21). The normalized spacial score (nSPS) is 19.6.